The topological polar surface area (TPSA) is 56.2 Å². The molecule has 0 fully saturated rings. The van der Waals surface area contributed by atoms with Crippen LogP contribution in [-0.2, 0) is 20.1 Å². The summed E-state index contributed by atoms with van der Waals surface area (Å²) >= 11 is 0. The molecule has 0 saturated carbocycles. The van der Waals surface area contributed by atoms with Crippen molar-refractivity contribution in [2.24, 2.45) is 0 Å². The van der Waals surface area contributed by atoms with Crippen LogP contribution in [0.15, 0.2) is 126 Å². The zero-order valence-corrected chi connectivity index (χ0v) is 28.5. The van der Waals surface area contributed by atoms with Gasteiger partial charge in [-0.3, -0.25) is 4.40 Å². The van der Waals surface area contributed by atoms with Crippen molar-refractivity contribution in [1.82, 2.24) is 19.4 Å². The second-order valence-electron chi connectivity index (χ2n) is 11.8. The molecule has 5 heterocycles. The number of aryl methyl sites for hydroxylation is 1. The minimum Gasteiger partial charge on any atom is -0.498 e. The summed E-state index contributed by atoms with van der Waals surface area (Å²) in [6, 6.07) is 40.9. The molecule has 0 saturated heterocycles. The molecule has 0 amide bonds. The predicted molar refractivity (Wildman–Crippen MR) is 187 cm³/mol. The number of aromatic nitrogens is 4. The van der Waals surface area contributed by atoms with Crippen LogP contribution >= 0.6 is 0 Å². The first-order valence-electron chi connectivity index (χ1n) is 15.5. The fraction of sp³-hybridized carbons (Fsp3) is 0.0976. The van der Waals surface area contributed by atoms with E-state index in [4.69, 9.17) is 9.40 Å². The maximum absolute atomic E-state index is 6.55. The van der Waals surface area contributed by atoms with Crippen molar-refractivity contribution >= 4 is 49.4 Å². The van der Waals surface area contributed by atoms with Crippen molar-refractivity contribution in [3.05, 3.63) is 145 Å². The van der Waals surface area contributed by atoms with Gasteiger partial charge in [-0.15, -0.1) is 54.1 Å². The van der Waals surface area contributed by atoms with Crippen molar-refractivity contribution in [1.29, 1.82) is 0 Å². The Balaban J connectivity index is 0.000000228. The first kappa shape index (κ1) is 30.5. The molecule has 1 radical (unpaired) electrons. The summed E-state index contributed by atoms with van der Waals surface area (Å²) < 4.78 is 8.77. The molecule has 0 unspecified atom stereocenters. The van der Waals surface area contributed by atoms with Gasteiger partial charge < -0.3 is 14.4 Å². The van der Waals surface area contributed by atoms with E-state index in [1.165, 1.54) is 21.9 Å². The molecule has 5 nitrogen and oxygen atoms in total. The molecule has 231 valence electrons. The smallest absolute Gasteiger partial charge is 0.148 e. The van der Waals surface area contributed by atoms with Crippen LogP contribution in [0.25, 0.3) is 71.9 Å². The van der Waals surface area contributed by atoms with Crippen molar-refractivity contribution < 1.29 is 24.5 Å². The molecular formula is C41H30IrN4O-2. The van der Waals surface area contributed by atoms with Crippen LogP contribution in [0.1, 0.15) is 30.9 Å². The number of imidazole rings is 1. The zero-order chi connectivity index (χ0) is 31.2. The average molecular weight is 787 g/mol. The second kappa shape index (κ2) is 12.6. The Hall–Kier alpha value is -5.16. The molecule has 4 aromatic carbocycles. The largest absolute Gasteiger partial charge is 0.498 e. The third kappa shape index (κ3) is 5.30. The van der Waals surface area contributed by atoms with E-state index in [-0.39, 0.29) is 20.1 Å². The van der Waals surface area contributed by atoms with Gasteiger partial charge in [0, 0.05) is 49.5 Å². The van der Waals surface area contributed by atoms with Crippen molar-refractivity contribution in [2.45, 2.75) is 26.7 Å². The van der Waals surface area contributed by atoms with Gasteiger partial charge in [-0.1, -0.05) is 67.3 Å². The van der Waals surface area contributed by atoms with Gasteiger partial charge in [-0.25, -0.2) is 4.98 Å². The fourth-order valence-corrected chi connectivity index (χ4v) is 6.33. The molecule has 0 aliphatic rings. The van der Waals surface area contributed by atoms with Gasteiger partial charge in [0.2, 0.25) is 0 Å². The van der Waals surface area contributed by atoms with Crippen LogP contribution in [0.2, 0.25) is 0 Å². The monoisotopic (exact) mass is 787 g/mol. The Bertz CT molecular complexity index is 2470. The van der Waals surface area contributed by atoms with Crippen LogP contribution in [-0.4, -0.2) is 19.4 Å². The maximum atomic E-state index is 6.55. The first-order chi connectivity index (χ1) is 22.6. The van der Waals surface area contributed by atoms with Gasteiger partial charge in [-0.2, -0.15) is 0 Å². The van der Waals surface area contributed by atoms with E-state index >= 15 is 0 Å². The van der Waals surface area contributed by atoms with Crippen molar-refractivity contribution in [2.75, 3.05) is 0 Å². The molecule has 47 heavy (non-hydrogen) atoms. The van der Waals surface area contributed by atoms with Gasteiger partial charge in [0.15, 0.2) is 0 Å². The van der Waals surface area contributed by atoms with Gasteiger partial charge in [0.25, 0.3) is 0 Å². The minimum absolute atomic E-state index is 0. The molecule has 6 heteroatoms. The molecule has 0 spiro atoms. The fourth-order valence-electron chi connectivity index (χ4n) is 6.33. The van der Waals surface area contributed by atoms with Gasteiger partial charge in [0.1, 0.15) is 16.7 Å². The summed E-state index contributed by atoms with van der Waals surface area (Å²) in [7, 11) is 0. The summed E-state index contributed by atoms with van der Waals surface area (Å²) in [6.45, 7) is 6.65. The van der Waals surface area contributed by atoms with Gasteiger partial charge >= 0.3 is 0 Å². The third-order valence-corrected chi connectivity index (χ3v) is 8.52. The molecular weight excluding hydrogens is 757 g/mol. The summed E-state index contributed by atoms with van der Waals surface area (Å²) in [5.74, 6) is 0.400. The number of hydrogen-bond acceptors (Lipinski definition) is 4. The molecule has 0 bridgehead atoms. The van der Waals surface area contributed by atoms with E-state index in [1.807, 2.05) is 66.7 Å². The minimum atomic E-state index is 0. The zero-order valence-electron chi connectivity index (χ0n) is 26.2. The standard InChI is InChI=1S/C30H22N3O.C11H8N.Ir/c1-17(2)19-8-6-9-20-18(3)16-33-25-14-13-22-21-10-7-11-23(24-12-4-5-15-31-24)28(21)34-29(22)27(25)32-30(33)26(19)20;1-2-6-10(7-3-1)11-8-4-5-9-12-11;/h4-10,12-17H,1-3H3;1-6,8-9H;/q2*-1;. The van der Waals surface area contributed by atoms with E-state index in [2.05, 4.69) is 89.9 Å². The Morgan fingerprint density at radius 2 is 1.47 bits per heavy atom. The summed E-state index contributed by atoms with van der Waals surface area (Å²) in [6.07, 6.45) is 5.78. The van der Waals surface area contributed by atoms with Crippen LogP contribution < -0.4 is 0 Å². The Kier molecular flexibility index (Phi) is 8.15. The van der Waals surface area contributed by atoms with E-state index in [9.17, 15) is 0 Å². The Labute approximate surface area is 286 Å². The average Bonchev–Trinajstić information content (AvgIpc) is 3.68. The van der Waals surface area contributed by atoms with Gasteiger partial charge in [0.05, 0.1) is 11.1 Å². The number of furan rings is 1. The van der Waals surface area contributed by atoms with Crippen LogP contribution in [0.5, 0.6) is 0 Å². The number of nitrogens with zero attached hydrogens (tertiary/aromatic N) is 4. The number of pyridine rings is 3. The second-order valence-corrected chi connectivity index (χ2v) is 11.8. The quantitative estimate of drug-likeness (QED) is 0.167. The SMILES string of the molecule is Cc1cn2c3ccc4c5cc[c-]c(-c6ccccn6)c5oc4c3nc2c2c(C(C)C)cccc12.[Ir].[c-]1ccccc1-c1ccccn1. The Morgan fingerprint density at radius 3 is 2.19 bits per heavy atom. The van der Waals surface area contributed by atoms with Crippen LogP contribution in [0, 0.1) is 19.1 Å². The van der Waals surface area contributed by atoms with Crippen LogP contribution in [0.3, 0.4) is 0 Å². The number of fused-ring (bicyclic) bond motifs is 9. The Morgan fingerprint density at radius 1 is 0.702 bits per heavy atom. The number of hydrogen-bond donors (Lipinski definition) is 0. The number of rotatable bonds is 3. The maximum Gasteiger partial charge on any atom is 0.148 e. The molecule has 9 rings (SSSR count). The third-order valence-electron chi connectivity index (χ3n) is 8.52. The molecule has 0 aliphatic carbocycles. The first-order valence-corrected chi connectivity index (χ1v) is 15.5. The van der Waals surface area contributed by atoms with E-state index in [1.54, 1.807) is 12.4 Å². The summed E-state index contributed by atoms with van der Waals surface area (Å²) in [4.78, 5) is 13.9. The molecule has 0 atom stereocenters. The normalized spacial score (nSPS) is 11.3. The van der Waals surface area contributed by atoms with Crippen LogP contribution in [0.4, 0.5) is 0 Å². The van der Waals surface area contributed by atoms with Gasteiger partial charge in [-0.05, 0) is 65.0 Å². The van der Waals surface area contributed by atoms with E-state index in [0.717, 1.165) is 61.1 Å². The van der Waals surface area contributed by atoms with Crippen molar-refractivity contribution in [3.63, 3.8) is 0 Å². The predicted octanol–water partition coefficient (Wildman–Crippen LogP) is 10.4. The molecule has 5 aromatic heterocycles. The van der Waals surface area contributed by atoms with Crippen molar-refractivity contribution in [3.8, 4) is 22.5 Å². The molecule has 9 aromatic rings. The van der Waals surface area contributed by atoms with E-state index in [0.29, 0.717) is 5.92 Å². The summed E-state index contributed by atoms with van der Waals surface area (Å²) in [5.41, 5.74) is 10.8. The van der Waals surface area contributed by atoms with E-state index < -0.39 is 0 Å². The summed E-state index contributed by atoms with van der Waals surface area (Å²) in [5, 5.41) is 4.59. The molecule has 0 aliphatic heterocycles. The number of benzene rings is 4. The molecule has 0 N–H and O–H groups in total.